The van der Waals surface area contributed by atoms with E-state index in [9.17, 15) is 4.79 Å². The first-order chi connectivity index (χ1) is 12.7. The smallest absolute Gasteiger partial charge is 0.258 e. The molecule has 4 heterocycles. The van der Waals surface area contributed by atoms with Crippen LogP contribution in [0.15, 0.2) is 47.7 Å². The van der Waals surface area contributed by atoms with Crippen LogP contribution in [0.2, 0.25) is 0 Å². The number of piperidine rings is 1. The van der Waals surface area contributed by atoms with Gasteiger partial charge in [-0.25, -0.2) is 4.98 Å². The summed E-state index contributed by atoms with van der Waals surface area (Å²) in [4.78, 5) is 19.6. The van der Waals surface area contributed by atoms with Crippen LogP contribution in [0.5, 0.6) is 0 Å². The molecule has 136 valence electrons. The molecule has 1 atom stereocenters. The summed E-state index contributed by atoms with van der Waals surface area (Å²) in [6.45, 7) is 4.76. The van der Waals surface area contributed by atoms with Crippen molar-refractivity contribution in [2.75, 3.05) is 6.54 Å². The lowest BCUT2D eigenvalue weighted by Gasteiger charge is -2.35. The van der Waals surface area contributed by atoms with Crippen molar-refractivity contribution in [3.63, 3.8) is 0 Å². The molecule has 6 nitrogen and oxygen atoms in total. The van der Waals surface area contributed by atoms with E-state index >= 15 is 0 Å². The zero-order valence-corrected chi connectivity index (χ0v) is 15.2. The van der Waals surface area contributed by atoms with Crippen LogP contribution in [0.1, 0.15) is 36.9 Å². The summed E-state index contributed by atoms with van der Waals surface area (Å²) in [5.41, 5.74) is 2.71. The van der Waals surface area contributed by atoms with Crippen molar-refractivity contribution in [2.45, 2.75) is 51.7 Å². The van der Waals surface area contributed by atoms with Gasteiger partial charge in [0.15, 0.2) is 0 Å². The summed E-state index contributed by atoms with van der Waals surface area (Å²) >= 11 is 0. The third kappa shape index (κ3) is 3.70. The minimum absolute atomic E-state index is 0.00454. The Morgan fingerprint density at radius 3 is 3.00 bits per heavy atom. The molecule has 0 saturated carbocycles. The van der Waals surface area contributed by atoms with Crippen LogP contribution < -0.4 is 5.56 Å². The van der Waals surface area contributed by atoms with Crippen molar-refractivity contribution in [3.05, 3.63) is 64.5 Å². The first kappa shape index (κ1) is 17.0. The molecule has 0 unspecified atom stereocenters. The number of aromatic nitrogens is 4. The Morgan fingerprint density at radius 2 is 2.15 bits per heavy atom. The van der Waals surface area contributed by atoms with Gasteiger partial charge in [-0.1, -0.05) is 6.42 Å². The van der Waals surface area contributed by atoms with Gasteiger partial charge in [-0.3, -0.25) is 18.8 Å². The van der Waals surface area contributed by atoms with Gasteiger partial charge in [0.1, 0.15) is 5.65 Å². The highest BCUT2D eigenvalue weighted by molar-refractivity contribution is 5.41. The van der Waals surface area contributed by atoms with Gasteiger partial charge >= 0.3 is 0 Å². The zero-order valence-electron chi connectivity index (χ0n) is 15.2. The van der Waals surface area contributed by atoms with Gasteiger partial charge in [0.25, 0.3) is 5.56 Å². The van der Waals surface area contributed by atoms with E-state index in [-0.39, 0.29) is 5.56 Å². The third-order valence-electron chi connectivity index (χ3n) is 5.24. The van der Waals surface area contributed by atoms with Crippen molar-refractivity contribution < 1.29 is 0 Å². The Labute approximate surface area is 153 Å². The van der Waals surface area contributed by atoms with Crippen molar-refractivity contribution in [1.29, 1.82) is 0 Å². The van der Waals surface area contributed by atoms with Crippen LogP contribution in [-0.2, 0) is 13.1 Å². The van der Waals surface area contributed by atoms with Gasteiger partial charge < -0.3 is 0 Å². The molecule has 1 fully saturated rings. The van der Waals surface area contributed by atoms with Gasteiger partial charge in [0.2, 0.25) is 0 Å². The Hall–Kier alpha value is -2.47. The van der Waals surface area contributed by atoms with Crippen LogP contribution in [0.25, 0.3) is 5.65 Å². The largest absolute Gasteiger partial charge is 0.294 e. The fourth-order valence-electron chi connectivity index (χ4n) is 3.85. The summed E-state index contributed by atoms with van der Waals surface area (Å²) < 4.78 is 3.61. The highest BCUT2D eigenvalue weighted by Crippen LogP contribution is 2.22. The third-order valence-corrected chi connectivity index (χ3v) is 5.24. The zero-order chi connectivity index (χ0) is 17.9. The second-order valence-electron chi connectivity index (χ2n) is 7.20. The molecule has 0 aliphatic carbocycles. The van der Waals surface area contributed by atoms with Crippen LogP contribution in [0, 0.1) is 6.92 Å². The maximum absolute atomic E-state index is 12.4. The van der Waals surface area contributed by atoms with Crippen LogP contribution >= 0.6 is 0 Å². The van der Waals surface area contributed by atoms with Gasteiger partial charge in [-0.05, 0) is 56.5 Å². The van der Waals surface area contributed by atoms with Gasteiger partial charge in [-0.15, -0.1) is 0 Å². The number of likely N-dealkylation sites (tertiary alicyclic amines) is 1. The second-order valence-corrected chi connectivity index (χ2v) is 7.20. The maximum atomic E-state index is 12.4. The fraction of sp³-hybridized carbons (Fsp3) is 0.450. The van der Waals surface area contributed by atoms with E-state index in [2.05, 4.69) is 10.00 Å². The predicted octanol–water partition coefficient (Wildman–Crippen LogP) is 2.64. The molecule has 1 aliphatic rings. The summed E-state index contributed by atoms with van der Waals surface area (Å²) in [5, 5.41) is 4.31. The lowest BCUT2D eigenvalue weighted by Crippen LogP contribution is -2.40. The Balaban J connectivity index is 1.52. The average molecular weight is 351 g/mol. The van der Waals surface area contributed by atoms with E-state index < -0.39 is 0 Å². The van der Waals surface area contributed by atoms with E-state index in [1.807, 2.05) is 42.2 Å². The molecule has 1 saturated heterocycles. The highest BCUT2D eigenvalue weighted by Gasteiger charge is 2.23. The van der Waals surface area contributed by atoms with Crippen molar-refractivity contribution >= 4 is 5.65 Å². The lowest BCUT2D eigenvalue weighted by atomic mass is 9.99. The van der Waals surface area contributed by atoms with Gasteiger partial charge in [0.05, 0.1) is 5.69 Å². The number of fused-ring (bicyclic) bond motifs is 1. The minimum Gasteiger partial charge on any atom is -0.294 e. The van der Waals surface area contributed by atoms with E-state index in [0.717, 1.165) is 43.0 Å². The molecule has 0 bridgehead atoms. The number of hydrogen-bond donors (Lipinski definition) is 0. The van der Waals surface area contributed by atoms with Crippen molar-refractivity contribution in [1.82, 2.24) is 24.1 Å². The molecule has 6 heteroatoms. The summed E-state index contributed by atoms with van der Waals surface area (Å²) in [6.07, 6.45) is 10.4. The average Bonchev–Trinajstić information content (AvgIpc) is 3.14. The Kier molecular flexibility index (Phi) is 4.84. The summed E-state index contributed by atoms with van der Waals surface area (Å²) in [7, 11) is 0. The van der Waals surface area contributed by atoms with Crippen LogP contribution in [0.4, 0.5) is 0 Å². The lowest BCUT2D eigenvalue weighted by molar-refractivity contribution is 0.126. The molecule has 0 amide bonds. The molecule has 0 radical (unpaired) electrons. The Bertz CT molecular complexity index is 931. The highest BCUT2D eigenvalue weighted by atomic mass is 16.1. The van der Waals surface area contributed by atoms with Gasteiger partial charge in [0, 0.05) is 43.8 Å². The van der Waals surface area contributed by atoms with E-state index in [1.54, 1.807) is 16.7 Å². The predicted molar refractivity (Wildman–Crippen MR) is 101 cm³/mol. The second kappa shape index (κ2) is 7.41. The standard InChI is InChI=1S/C20H25N5O/c1-16-6-12-25-19(13-16)22-17(14-20(25)26)15-23-9-3-2-5-18(23)7-11-24-10-4-8-21-24/h4,6,8,10,12-14,18H,2-3,5,7,9,11,15H2,1H3/t18-/m0/s1. The van der Waals surface area contributed by atoms with E-state index in [1.165, 1.54) is 19.3 Å². The molecule has 1 aliphatic heterocycles. The molecular formula is C20H25N5O. The molecule has 0 aromatic carbocycles. The topological polar surface area (TPSA) is 55.4 Å². The summed E-state index contributed by atoms with van der Waals surface area (Å²) in [5.74, 6) is 0. The monoisotopic (exact) mass is 351 g/mol. The number of nitrogens with zero attached hydrogens (tertiary/aromatic N) is 5. The number of aryl methyl sites for hydroxylation is 2. The van der Waals surface area contributed by atoms with E-state index in [4.69, 9.17) is 4.98 Å². The number of rotatable bonds is 5. The quantitative estimate of drug-likeness (QED) is 0.709. The van der Waals surface area contributed by atoms with Crippen molar-refractivity contribution in [2.24, 2.45) is 0 Å². The molecule has 3 aromatic rings. The maximum Gasteiger partial charge on any atom is 0.258 e. The molecule has 0 N–H and O–H groups in total. The molecular weight excluding hydrogens is 326 g/mol. The molecule has 26 heavy (non-hydrogen) atoms. The van der Waals surface area contributed by atoms with Gasteiger partial charge in [-0.2, -0.15) is 5.10 Å². The van der Waals surface area contributed by atoms with Crippen molar-refractivity contribution in [3.8, 4) is 0 Å². The number of pyridine rings is 1. The normalized spacial score (nSPS) is 18.4. The van der Waals surface area contributed by atoms with Crippen LogP contribution in [-0.4, -0.2) is 36.7 Å². The Morgan fingerprint density at radius 1 is 1.23 bits per heavy atom. The van der Waals surface area contributed by atoms with E-state index in [0.29, 0.717) is 6.04 Å². The number of hydrogen-bond acceptors (Lipinski definition) is 4. The fourth-order valence-corrected chi connectivity index (χ4v) is 3.85. The molecule has 4 rings (SSSR count). The summed E-state index contributed by atoms with van der Waals surface area (Å²) in [6, 6.07) is 8.07. The molecule has 3 aromatic heterocycles. The molecule has 0 spiro atoms. The van der Waals surface area contributed by atoms with Crippen LogP contribution in [0.3, 0.4) is 0 Å². The first-order valence-electron chi connectivity index (χ1n) is 9.39. The minimum atomic E-state index is -0.00454. The first-order valence-corrected chi connectivity index (χ1v) is 9.39. The SMILES string of the molecule is Cc1ccn2c(=O)cc(CN3CCCC[C@H]3CCn3cccn3)nc2c1.